The van der Waals surface area contributed by atoms with E-state index in [2.05, 4.69) is 29.2 Å². The molecular formula is C18H24ClN2+. The molecule has 1 saturated heterocycles. The van der Waals surface area contributed by atoms with Gasteiger partial charge in [-0.15, -0.1) is 0 Å². The summed E-state index contributed by atoms with van der Waals surface area (Å²) in [7, 11) is 0. The van der Waals surface area contributed by atoms with Gasteiger partial charge in [0, 0.05) is 16.6 Å². The second kappa shape index (κ2) is 5.66. The predicted molar refractivity (Wildman–Crippen MR) is 88.1 cm³/mol. The zero-order valence-corrected chi connectivity index (χ0v) is 13.2. The number of benzene rings is 1. The van der Waals surface area contributed by atoms with Crippen LogP contribution in [0.3, 0.4) is 0 Å². The average molecular weight is 304 g/mol. The summed E-state index contributed by atoms with van der Waals surface area (Å²) in [4.78, 5) is 4.31. The van der Waals surface area contributed by atoms with Gasteiger partial charge in [-0.3, -0.25) is 0 Å². The third-order valence-electron chi connectivity index (χ3n) is 5.63. The fourth-order valence-electron chi connectivity index (χ4n) is 4.44. The molecule has 112 valence electrons. The van der Waals surface area contributed by atoms with Crippen LogP contribution in [0.25, 0.3) is 0 Å². The molecule has 21 heavy (non-hydrogen) atoms. The van der Waals surface area contributed by atoms with Gasteiger partial charge >= 0.3 is 0 Å². The van der Waals surface area contributed by atoms with E-state index in [1.807, 2.05) is 17.0 Å². The largest absolute Gasteiger partial charge is 0.360 e. The zero-order valence-electron chi connectivity index (χ0n) is 12.5. The average Bonchev–Trinajstić information content (AvgIpc) is 3.12. The molecule has 3 heteroatoms. The minimum atomic E-state index is 0.826. The van der Waals surface area contributed by atoms with Gasteiger partial charge in [0.05, 0.1) is 32.7 Å². The minimum Gasteiger partial charge on any atom is -0.360 e. The van der Waals surface area contributed by atoms with Gasteiger partial charge in [-0.1, -0.05) is 23.8 Å². The van der Waals surface area contributed by atoms with Crippen LogP contribution in [0.2, 0.25) is 5.02 Å². The molecule has 2 aliphatic carbocycles. The van der Waals surface area contributed by atoms with Gasteiger partial charge in [-0.05, 0) is 48.9 Å². The van der Waals surface area contributed by atoms with Gasteiger partial charge in [0.15, 0.2) is 0 Å². The number of nitrogens with one attached hydrogen (secondary N) is 1. The maximum Gasteiger partial charge on any atom is 0.0949 e. The van der Waals surface area contributed by atoms with E-state index in [0.29, 0.717) is 0 Å². The Kier molecular flexibility index (Phi) is 3.68. The number of rotatable bonds is 3. The Bertz CT molecular complexity index is 517. The number of fused-ring (bicyclic) bond motifs is 2. The Hall–Kier alpha value is -0.990. The Morgan fingerprint density at radius 1 is 1.05 bits per heavy atom. The Morgan fingerprint density at radius 2 is 1.81 bits per heavy atom. The molecule has 3 atom stereocenters. The van der Waals surface area contributed by atoms with Crippen molar-refractivity contribution in [1.29, 1.82) is 0 Å². The summed E-state index contributed by atoms with van der Waals surface area (Å²) in [6, 6.07) is 8.29. The maximum absolute atomic E-state index is 5.97. The summed E-state index contributed by atoms with van der Waals surface area (Å²) < 4.78 is 0. The van der Waals surface area contributed by atoms with Crippen LogP contribution in [-0.4, -0.2) is 32.7 Å². The van der Waals surface area contributed by atoms with E-state index < -0.39 is 0 Å². The van der Waals surface area contributed by atoms with E-state index in [0.717, 1.165) is 22.8 Å². The lowest BCUT2D eigenvalue weighted by molar-refractivity contribution is -0.904. The predicted octanol–water partition coefficient (Wildman–Crippen LogP) is 2.26. The van der Waals surface area contributed by atoms with Crippen molar-refractivity contribution in [3.8, 4) is 0 Å². The third kappa shape index (κ3) is 2.84. The van der Waals surface area contributed by atoms with Crippen molar-refractivity contribution in [2.24, 2.45) is 17.8 Å². The number of piperazine rings is 1. The van der Waals surface area contributed by atoms with E-state index in [4.69, 9.17) is 11.6 Å². The lowest BCUT2D eigenvalue weighted by Crippen LogP contribution is -3.15. The van der Waals surface area contributed by atoms with Crippen molar-refractivity contribution in [2.45, 2.75) is 12.8 Å². The molecule has 0 spiro atoms. The summed E-state index contributed by atoms with van der Waals surface area (Å²) in [6.45, 7) is 6.29. The van der Waals surface area contributed by atoms with Crippen LogP contribution in [0.1, 0.15) is 12.8 Å². The summed E-state index contributed by atoms with van der Waals surface area (Å²) in [5.74, 6) is 2.77. The van der Waals surface area contributed by atoms with Gasteiger partial charge in [-0.2, -0.15) is 0 Å². The smallest absolute Gasteiger partial charge is 0.0949 e. The third-order valence-corrected chi connectivity index (χ3v) is 5.88. The van der Waals surface area contributed by atoms with Gasteiger partial charge in [0.2, 0.25) is 0 Å². The number of hydrogen-bond donors (Lipinski definition) is 1. The van der Waals surface area contributed by atoms with E-state index >= 15 is 0 Å². The number of nitrogens with zero attached hydrogens (tertiary/aromatic N) is 1. The fourth-order valence-corrected chi connectivity index (χ4v) is 4.56. The summed E-state index contributed by atoms with van der Waals surface area (Å²) in [6.07, 6.45) is 7.83. The standard InChI is InChI=1S/C18H23ClN2/c19-17-3-5-18(6-4-17)21-9-7-20(8-10-21)13-16-12-14-1-2-15(16)11-14/h1-6,14-16H,7-13H2/p+1/t14-,15+,16-/m1/s1. The first-order chi connectivity index (χ1) is 10.3. The molecule has 1 aliphatic heterocycles. The normalized spacial score (nSPS) is 32.0. The SMILES string of the molecule is Clc1ccc(N2CC[NH+](C[C@H]3C[C@@H]4C=C[C@H]3C4)CC2)cc1. The molecule has 0 radical (unpaired) electrons. The van der Waals surface area contributed by atoms with Gasteiger partial charge < -0.3 is 9.80 Å². The molecule has 3 aliphatic rings. The van der Waals surface area contributed by atoms with Crippen LogP contribution in [0.4, 0.5) is 5.69 Å². The first kappa shape index (κ1) is 13.7. The quantitative estimate of drug-likeness (QED) is 0.842. The molecule has 1 aromatic rings. The Labute approximate surface area is 132 Å². The number of anilines is 1. The van der Waals surface area contributed by atoms with Crippen molar-refractivity contribution < 1.29 is 4.90 Å². The molecule has 0 aromatic heterocycles. The van der Waals surface area contributed by atoms with E-state index in [1.165, 1.54) is 51.3 Å². The van der Waals surface area contributed by atoms with E-state index in [1.54, 1.807) is 0 Å². The number of allylic oxidation sites excluding steroid dienone is 2. The molecular weight excluding hydrogens is 280 g/mol. The zero-order chi connectivity index (χ0) is 14.2. The van der Waals surface area contributed by atoms with E-state index in [9.17, 15) is 0 Å². The first-order valence-electron chi connectivity index (χ1n) is 8.30. The monoisotopic (exact) mass is 303 g/mol. The number of halogens is 1. The molecule has 4 rings (SSSR count). The van der Waals surface area contributed by atoms with Crippen LogP contribution in [0.15, 0.2) is 36.4 Å². The van der Waals surface area contributed by atoms with Crippen LogP contribution in [-0.2, 0) is 0 Å². The number of hydrogen-bond acceptors (Lipinski definition) is 1. The molecule has 1 heterocycles. The van der Waals surface area contributed by atoms with Gasteiger partial charge in [0.1, 0.15) is 0 Å². The Morgan fingerprint density at radius 3 is 2.43 bits per heavy atom. The topological polar surface area (TPSA) is 7.68 Å². The van der Waals surface area contributed by atoms with Crippen molar-refractivity contribution in [1.82, 2.24) is 0 Å². The maximum atomic E-state index is 5.97. The highest BCUT2D eigenvalue weighted by Crippen LogP contribution is 2.42. The molecule has 1 N–H and O–H groups in total. The molecule has 0 unspecified atom stereocenters. The highest BCUT2D eigenvalue weighted by atomic mass is 35.5. The summed E-state index contributed by atoms with van der Waals surface area (Å²) >= 11 is 5.97. The van der Waals surface area contributed by atoms with Crippen molar-refractivity contribution in [2.75, 3.05) is 37.6 Å². The second-order valence-corrected chi connectivity index (χ2v) is 7.39. The van der Waals surface area contributed by atoms with Crippen molar-refractivity contribution in [3.63, 3.8) is 0 Å². The molecule has 2 fully saturated rings. The van der Waals surface area contributed by atoms with Crippen LogP contribution >= 0.6 is 11.6 Å². The molecule has 2 bridgehead atoms. The van der Waals surface area contributed by atoms with Crippen LogP contribution < -0.4 is 9.80 Å². The van der Waals surface area contributed by atoms with E-state index in [-0.39, 0.29) is 0 Å². The molecule has 1 aromatic carbocycles. The molecule has 1 saturated carbocycles. The van der Waals surface area contributed by atoms with Crippen LogP contribution in [0.5, 0.6) is 0 Å². The minimum absolute atomic E-state index is 0.826. The highest BCUT2D eigenvalue weighted by molar-refractivity contribution is 6.30. The second-order valence-electron chi connectivity index (χ2n) is 6.96. The summed E-state index contributed by atoms with van der Waals surface area (Å²) in [5.41, 5.74) is 1.32. The van der Waals surface area contributed by atoms with Crippen molar-refractivity contribution >= 4 is 17.3 Å². The summed E-state index contributed by atoms with van der Waals surface area (Å²) in [5, 5.41) is 0.826. The molecule has 0 amide bonds. The Balaban J connectivity index is 1.30. The molecule has 2 nitrogen and oxygen atoms in total. The fraction of sp³-hybridized carbons (Fsp3) is 0.556. The number of quaternary nitrogens is 1. The van der Waals surface area contributed by atoms with Gasteiger partial charge in [0.25, 0.3) is 0 Å². The highest BCUT2D eigenvalue weighted by Gasteiger charge is 2.38. The first-order valence-corrected chi connectivity index (χ1v) is 8.68. The van der Waals surface area contributed by atoms with Gasteiger partial charge in [-0.25, -0.2) is 0 Å². The lowest BCUT2D eigenvalue weighted by Gasteiger charge is -2.35. The lowest BCUT2D eigenvalue weighted by atomic mass is 9.93. The van der Waals surface area contributed by atoms with Crippen LogP contribution in [0, 0.1) is 17.8 Å². The van der Waals surface area contributed by atoms with Crippen molar-refractivity contribution in [3.05, 3.63) is 41.4 Å².